The smallest absolute Gasteiger partial charge is 0.228 e. The zero-order valence-electron chi connectivity index (χ0n) is 15.8. The van der Waals surface area contributed by atoms with Gasteiger partial charge < -0.3 is 11.1 Å². The lowest BCUT2D eigenvalue weighted by Crippen LogP contribution is -2.43. The molecule has 1 amide bonds. The van der Waals surface area contributed by atoms with Gasteiger partial charge in [-0.3, -0.25) is 4.79 Å². The molecule has 0 unspecified atom stereocenters. The Bertz CT molecular complexity index is 853. The number of halogens is 2. The first kappa shape index (κ1) is 20.0. The Morgan fingerprint density at radius 2 is 1.96 bits per heavy atom. The molecule has 6 heteroatoms. The van der Waals surface area contributed by atoms with E-state index in [2.05, 4.69) is 31.1 Å². The molecule has 0 radical (unpaired) electrons. The second-order valence-corrected chi connectivity index (χ2v) is 8.95. The van der Waals surface area contributed by atoms with E-state index in [0.29, 0.717) is 21.6 Å². The topological polar surface area (TPSA) is 68.0 Å². The van der Waals surface area contributed by atoms with Gasteiger partial charge in [0.05, 0.1) is 10.0 Å². The highest BCUT2D eigenvalue weighted by Crippen LogP contribution is 2.52. The number of hydrogen-bond donors (Lipinski definition) is 2. The van der Waals surface area contributed by atoms with Crippen LogP contribution in [0.1, 0.15) is 45.1 Å². The fraction of sp³-hybridized carbons (Fsp3) is 0.429. The molecule has 144 valence electrons. The van der Waals surface area contributed by atoms with E-state index in [0.717, 1.165) is 18.4 Å². The fourth-order valence-electron chi connectivity index (χ4n) is 4.28. The minimum absolute atomic E-state index is 0.00551. The summed E-state index contributed by atoms with van der Waals surface area (Å²) in [5, 5.41) is 3.92. The second kappa shape index (κ2) is 7.69. The normalized spacial score (nSPS) is 24.4. The van der Waals surface area contributed by atoms with Gasteiger partial charge in [-0.15, -0.1) is 0 Å². The summed E-state index contributed by atoms with van der Waals surface area (Å²) < 4.78 is 0. The molecular weight excluding hydrogens is 381 g/mol. The first-order chi connectivity index (χ1) is 12.7. The highest BCUT2D eigenvalue weighted by atomic mass is 35.5. The SMILES string of the molecule is C[C@@H]1CCC(C)(C)[C@H](c2ccnc(N)c2)[C@H]1C(=O)Nc1ccc(Cl)c(Cl)c1. The molecule has 4 nitrogen and oxygen atoms in total. The van der Waals surface area contributed by atoms with Crippen molar-refractivity contribution in [1.82, 2.24) is 4.98 Å². The minimum Gasteiger partial charge on any atom is -0.384 e. The molecule has 27 heavy (non-hydrogen) atoms. The van der Waals surface area contributed by atoms with E-state index >= 15 is 0 Å². The standard InChI is InChI=1S/C21H25Cl2N3O/c1-12-6-8-21(2,3)19(13-7-9-25-17(24)10-13)18(12)20(27)26-14-4-5-15(22)16(23)11-14/h4-5,7,9-12,18-19H,6,8H2,1-3H3,(H2,24,25)(H,26,27)/t12-,18+,19-/m1/s1. The molecule has 1 aliphatic carbocycles. The molecular formula is C21H25Cl2N3O. The molecule has 1 aromatic heterocycles. The lowest BCUT2D eigenvalue weighted by atomic mass is 9.58. The Hall–Kier alpha value is -1.78. The molecule has 0 spiro atoms. The summed E-state index contributed by atoms with van der Waals surface area (Å²) >= 11 is 12.1. The number of nitrogens with one attached hydrogen (secondary N) is 1. The van der Waals surface area contributed by atoms with E-state index in [9.17, 15) is 4.79 Å². The van der Waals surface area contributed by atoms with E-state index in [1.807, 2.05) is 12.1 Å². The predicted molar refractivity (Wildman–Crippen MR) is 112 cm³/mol. The second-order valence-electron chi connectivity index (χ2n) is 8.14. The van der Waals surface area contributed by atoms with Crippen LogP contribution in [0.25, 0.3) is 0 Å². The number of rotatable bonds is 3. The zero-order valence-corrected chi connectivity index (χ0v) is 17.3. The summed E-state index contributed by atoms with van der Waals surface area (Å²) in [4.78, 5) is 17.4. The fourth-order valence-corrected chi connectivity index (χ4v) is 4.57. The van der Waals surface area contributed by atoms with Gasteiger partial charge in [-0.1, -0.05) is 44.0 Å². The average molecular weight is 406 g/mol. The maximum absolute atomic E-state index is 13.3. The van der Waals surface area contributed by atoms with Gasteiger partial charge >= 0.3 is 0 Å². The van der Waals surface area contributed by atoms with Gasteiger partial charge in [0.2, 0.25) is 5.91 Å². The van der Waals surface area contributed by atoms with Gasteiger partial charge in [0, 0.05) is 23.7 Å². The number of pyridine rings is 1. The van der Waals surface area contributed by atoms with Gasteiger partial charge in [-0.25, -0.2) is 4.98 Å². The molecule has 0 saturated heterocycles. The summed E-state index contributed by atoms with van der Waals surface area (Å²) in [5.74, 6) is 0.596. The number of amides is 1. The lowest BCUT2D eigenvalue weighted by Gasteiger charge is -2.46. The van der Waals surface area contributed by atoms with Crippen LogP contribution in [0.4, 0.5) is 11.5 Å². The summed E-state index contributed by atoms with van der Waals surface area (Å²) in [7, 11) is 0. The third-order valence-corrected chi connectivity index (χ3v) is 6.45. The lowest BCUT2D eigenvalue weighted by molar-refractivity contribution is -0.125. The molecule has 3 N–H and O–H groups in total. The van der Waals surface area contributed by atoms with Crippen LogP contribution in [0.3, 0.4) is 0 Å². The third-order valence-electron chi connectivity index (χ3n) is 5.71. The zero-order chi connectivity index (χ0) is 19.8. The van der Waals surface area contributed by atoms with Crippen LogP contribution >= 0.6 is 23.2 Å². The van der Waals surface area contributed by atoms with Crippen molar-refractivity contribution < 1.29 is 4.79 Å². The Labute approximate surface area is 170 Å². The highest BCUT2D eigenvalue weighted by molar-refractivity contribution is 6.42. The Morgan fingerprint density at radius 3 is 2.63 bits per heavy atom. The largest absolute Gasteiger partial charge is 0.384 e. The number of nitrogens with zero attached hydrogens (tertiary/aromatic N) is 1. The molecule has 1 aromatic carbocycles. The van der Waals surface area contributed by atoms with Gasteiger partial charge in [-0.05, 0) is 60.1 Å². The molecule has 1 heterocycles. The molecule has 1 aliphatic rings. The third kappa shape index (κ3) is 4.22. The summed E-state index contributed by atoms with van der Waals surface area (Å²) in [6, 6.07) is 9.00. The maximum Gasteiger partial charge on any atom is 0.228 e. The number of nitrogens with two attached hydrogens (primary N) is 1. The average Bonchev–Trinajstić information content (AvgIpc) is 2.59. The summed E-state index contributed by atoms with van der Waals surface area (Å²) in [5.41, 5.74) is 7.61. The molecule has 2 aromatic rings. The molecule has 1 saturated carbocycles. The van der Waals surface area contributed by atoms with Crippen molar-refractivity contribution >= 4 is 40.6 Å². The maximum atomic E-state index is 13.3. The van der Waals surface area contributed by atoms with Crippen LogP contribution < -0.4 is 11.1 Å². The number of carbonyl (C=O) groups is 1. The van der Waals surface area contributed by atoms with Crippen molar-refractivity contribution in [3.05, 3.63) is 52.1 Å². The number of hydrogen-bond acceptors (Lipinski definition) is 3. The number of aromatic nitrogens is 1. The molecule has 3 atom stereocenters. The number of benzene rings is 1. The summed E-state index contributed by atoms with van der Waals surface area (Å²) in [6.07, 6.45) is 3.77. The van der Waals surface area contributed by atoms with E-state index in [4.69, 9.17) is 28.9 Å². The Balaban J connectivity index is 1.95. The highest BCUT2D eigenvalue weighted by Gasteiger charge is 2.46. The van der Waals surface area contributed by atoms with Crippen LogP contribution in [0.5, 0.6) is 0 Å². The predicted octanol–water partition coefficient (Wildman–Crippen LogP) is 5.77. The van der Waals surface area contributed by atoms with Crippen molar-refractivity contribution in [1.29, 1.82) is 0 Å². The number of carbonyl (C=O) groups excluding carboxylic acids is 1. The van der Waals surface area contributed by atoms with E-state index in [1.165, 1.54) is 0 Å². The number of nitrogen functional groups attached to an aromatic ring is 1. The molecule has 3 rings (SSSR count). The van der Waals surface area contributed by atoms with E-state index in [-0.39, 0.29) is 29.1 Å². The van der Waals surface area contributed by atoms with Crippen molar-refractivity contribution in [2.24, 2.45) is 17.3 Å². The van der Waals surface area contributed by atoms with Gasteiger partial charge in [0.1, 0.15) is 5.82 Å². The first-order valence-corrected chi connectivity index (χ1v) is 9.92. The van der Waals surface area contributed by atoms with Gasteiger partial charge in [0.15, 0.2) is 0 Å². The monoisotopic (exact) mass is 405 g/mol. The molecule has 0 bridgehead atoms. The molecule has 1 fully saturated rings. The van der Waals surface area contributed by atoms with Crippen LogP contribution in [0.15, 0.2) is 36.5 Å². The van der Waals surface area contributed by atoms with Crippen LogP contribution in [0, 0.1) is 17.3 Å². The number of anilines is 2. The molecule has 0 aliphatic heterocycles. The van der Waals surface area contributed by atoms with Gasteiger partial charge in [0.25, 0.3) is 0 Å². The quantitative estimate of drug-likeness (QED) is 0.681. The Morgan fingerprint density at radius 1 is 1.22 bits per heavy atom. The van der Waals surface area contributed by atoms with Gasteiger partial charge in [-0.2, -0.15) is 0 Å². The van der Waals surface area contributed by atoms with Crippen molar-refractivity contribution in [3.63, 3.8) is 0 Å². The van der Waals surface area contributed by atoms with Crippen molar-refractivity contribution in [2.45, 2.75) is 39.5 Å². The van der Waals surface area contributed by atoms with E-state index < -0.39 is 0 Å². The van der Waals surface area contributed by atoms with Crippen LogP contribution in [-0.4, -0.2) is 10.9 Å². The van der Waals surface area contributed by atoms with Crippen LogP contribution in [0.2, 0.25) is 10.0 Å². The van der Waals surface area contributed by atoms with E-state index in [1.54, 1.807) is 24.4 Å². The van der Waals surface area contributed by atoms with Crippen molar-refractivity contribution in [3.8, 4) is 0 Å². The van der Waals surface area contributed by atoms with Crippen LogP contribution in [-0.2, 0) is 4.79 Å². The van der Waals surface area contributed by atoms with Crippen molar-refractivity contribution in [2.75, 3.05) is 11.1 Å². The summed E-state index contributed by atoms with van der Waals surface area (Å²) in [6.45, 7) is 6.59. The first-order valence-electron chi connectivity index (χ1n) is 9.16. The minimum atomic E-state index is -0.176. The Kier molecular flexibility index (Phi) is 5.68.